The molecule has 3 aromatic rings. The second kappa shape index (κ2) is 9.33. The molecule has 0 heterocycles. The van der Waals surface area contributed by atoms with Gasteiger partial charge < -0.3 is 9.47 Å². The van der Waals surface area contributed by atoms with Gasteiger partial charge in [0.25, 0.3) is 0 Å². The zero-order valence-electron chi connectivity index (χ0n) is 14.9. The van der Waals surface area contributed by atoms with E-state index in [9.17, 15) is 4.39 Å². The molecule has 3 nitrogen and oxygen atoms in total. The third-order valence-corrected chi connectivity index (χ3v) is 4.31. The van der Waals surface area contributed by atoms with Crippen LogP contribution in [0.2, 0.25) is 0 Å². The van der Waals surface area contributed by atoms with E-state index in [1.54, 1.807) is 12.3 Å². The number of hydrogen-bond acceptors (Lipinski definition) is 3. The Morgan fingerprint density at radius 3 is 2.56 bits per heavy atom. The van der Waals surface area contributed by atoms with Gasteiger partial charge in [0.15, 0.2) is 11.5 Å². The molecule has 0 fully saturated rings. The van der Waals surface area contributed by atoms with E-state index in [1.165, 1.54) is 12.1 Å². The van der Waals surface area contributed by atoms with Crippen LogP contribution in [0.5, 0.6) is 11.5 Å². The van der Waals surface area contributed by atoms with E-state index in [1.807, 2.05) is 55.5 Å². The number of rotatable bonds is 7. The number of nitrogens with zero attached hydrogens (tertiary/aromatic N) is 1. The van der Waals surface area contributed by atoms with Crippen LogP contribution in [0.1, 0.15) is 18.1 Å². The topological polar surface area (TPSA) is 30.8 Å². The maximum Gasteiger partial charge on any atom is 0.175 e. The first kappa shape index (κ1) is 19.1. The molecule has 0 amide bonds. The lowest BCUT2D eigenvalue weighted by atomic mass is 10.2. The molecule has 0 saturated heterocycles. The van der Waals surface area contributed by atoms with Crippen LogP contribution in [0.4, 0.5) is 10.1 Å². The second-order valence-corrected chi connectivity index (χ2v) is 6.63. The largest absolute Gasteiger partial charge is 0.490 e. The molecule has 3 aromatic carbocycles. The van der Waals surface area contributed by atoms with Crippen molar-refractivity contribution >= 4 is 27.8 Å². The number of hydrogen-bond donors (Lipinski definition) is 0. The van der Waals surface area contributed by atoms with Crippen molar-refractivity contribution in [2.75, 3.05) is 6.61 Å². The van der Waals surface area contributed by atoms with Gasteiger partial charge in [0.05, 0.1) is 16.8 Å². The van der Waals surface area contributed by atoms with Crippen molar-refractivity contribution < 1.29 is 13.9 Å². The maximum absolute atomic E-state index is 13.3. The van der Waals surface area contributed by atoms with Gasteiger partial charge >= 0.3 is 0 Å². The fraction of sp³-hybridized carbons (Fsp3) is 0.136. The minimum Gasteiger partial charge on any atom is -0.490 e. The molecule has 0 aliphatic heterocycles. The Bertz CT molecular complexity index is 929. The van der Waals surface area contributed by atoms with Crippen molar-refractivity contribution in [1.82, 2.24) is 0 Å². The van der Waals surface area contributed by atoms with Gasteiger partial charge in [-0.2, -0.15) is 0 Å². The van der Waals surface area contributed by atoms with Crippen molar-refractivity contribution in [3.8, 4) is 11.5 Å². The summed E-state index contributed by atoms with van der Waals surface area (Å²) in [5.74, 6) is 0.906. The lowest BCUT2D eigenvalue weighted by Gasteiger charge is -2.14. The van der Waals surface area contributed by atoms with E-state index >= 15 is 0 Å². The maximum atomic E-state index is 13.3. The Balaban J connectivity index is 1.82. The first-order valence-electron chi connectivity index (χ1n) is 8.58. The fourth-order valence-electron chi connectivity index (χ4n) is 2.51. The van der Waals surface area contributed by atoms with Crippen molar-refractivity contribution in [2.24, 2.45) is 4.99 Å². The highest BCUT2D eigenvalue weighted by atomic mass is 79.9. The summed E-state index contributed by atoms with van der Waals surface area (Å²) in [7, 11) is 0. The molecule has 0 spiro atoms. The highest BCUT2D eigenvalue weighted by Crippen LogP contribution is 2.37. The molecular weight excluding hydrogens is 409 g/mol. The summed E-state index contributed by atoms with van der Waals surface area (Å²) >= 11 is 3.54. The Morgan fingerprint density at radius 2 is 1.81 bits per heavy atom. The van der Waals surface area contributed by atoms with Crippen LogP contribution in [0.3, 0.4) is 0 Å². The SMILES string of the molecule is CCOc1cc(C=Nc2ccccc2)cc(Br)c1OCc1cccc(F)c1. The van der Waals surface area contributed by atoms with Gasteiger partial charge in [0.2, 0.25) is 0 Å². The molecule has 0 N–H and O–H groups in total. The molecular formula is C22H19BrFNO2. The lowest BCUT2D eigenvalue weighted by Crippen LogP contribution is -2.01. The lowest BCUT2D eigenvalue weighted by molar-refractivity contribution is 0.267. The summed E-state index contributed by atoms with van der Waals surface area (Å²) in [5, 5.41) is 0. The molecule has 0 saturated carbocycles. The highest BCUT2D eigenvalue weighted by Gasteiger charge is 2.12. The van der Waals surface area contributed by atoms with Crippen LogP contribution < -0.4 is 9.47 Å². The molecule has 0 unspecified atom stereocenters. The van der Waals surface area contributed by atoms with Crippen LogP contribution in [0.25, 0.3) is 0 Å². The third kappa shape index (κ3) is 5.41. The molecule has 138 valence electrons. The summed E-state index contributed by atoms with van der Waals surface area (Å²) < 4.78 is 25.7. The first-order valence-corrected chi connectivity index (χ1v) is 9.37. The average molecular weight is 428 g/mol. The number of benzene rings is 3. The summed E-state index contributed by atoms with van der Waals surface area (Å²) in [5.41, 5.74) is 2.50. The Morgan fingerprint density at radius 1 is 1.00 bits per heavy atom. The van der Waals surface area contributed by atoms with Crippen LogP contribution >= 0.6 is 15.9 Å². The predicted molar refractivity (Wildman–Crippen MR) is 110 cm³/mol. The first-order chi connectivity index (χ1) is 13.2. The van der Waals surface area contributed by atoms with Gasteiger partial charge in [-0.15, -0.1) is 0 Å². The minimum atomic E-state index is -0.285. The van der Waals surface area contributed by atoms with Gasteiger partial charge in [-0.05, 0) is 70.4 Å². The molecule has 5 heteroatoms. The van der Waals surface area contributed by atoms with E-state index in [0.29, 0.717) is 18.1 Å². The second-order valence-electron chi connectivity index (χ2n) is 5.78. The van der Waals surface area contributed by atoms with Gasteiger partial charge in [-0.1, -0.05) is 30.3 Å². The highest BCUT2D eigenvalue weighted by molar-refractivity contribution is 9.10. The van der Waals surface area contributed by atoms with E-state index in [4.69, 9.17) is 9.47 Å². The summed E-state index contributed by atoms with van der Waals surface area (Å²) in [4.78, 5) is 4.47. The minimum absolute atomic E-state index is 0.244. The van der Waals surface area contributed by atoms with Crippen molar-refractivity contribution in [1.29, 1.82) is 0 Å². The van der Waals surface area contributed by atoms with Gasteiger partial charge in [0.1, 0.15) is 12.4 Å². The van der Waals surface area contributed by atoms with Crippen molar-refractivity contribution in [3.05, 3.63) is 88.1 Å². The fourth-order valence-corrected chi connectivity index (χ4v) is 3.09. The van der Waals surface area contributed by atoms with E-state index in [-0.39, 0.29) is 12.4 Å². The average Bonchev–Trinajstić information content (AvgIpc) is 2.67. The Hall–Kier alpha value is -2.66. The summed E-state index contributed by atoms with van der Waals surface area (Å²) in [6, 6.07) is 19.8. The zero-order valence-corrected chi connectivity index (χ0v) is 16.4. The molecule has 27 heavy (non-hydrogen) atoms. The Kier molecular flexibility index (Phi) is 6.60. The Labute approximate surface area is 166 Å². The zero-order chi connectivity index (χ0) is 19.1. The molecule has 3 rings (SSSR count). The number of halogens is 2. The molecule has 0 atom stereocenters. The smallest absolute Gasteiger partial charge is 0.175 e. The van der Waals surface area contributed by atoms with E-state index in [0.717, 1.165) is 21.3 Å². The van der Waals surface area contributed by atoms with Crippen molar-refractivity contribution in [3.63, 3.8) is 0 Å². The van der Waals surface area contributed by atoms with Crippen LogP contribution in [0.15, 0.2) is 76.2 Å². The third-order valence-electron chi connectivity index (χ3n) is 3.72. The molecule has 0 bridgehead atoms. The predicted octanol–water partition coefficient (Wildman–Crippen LogP) is 6.32. The normalized spacial score (nSPS) is 10.9. The van der Waals surface area contributed by atoms with Gasteiger partial charge in [-0.3, -0.25) is 4.99 Å². The van der Waals surface area contributed by atoms with Crippen LogP contribution in [-0.2, 0) is 6.61 Å². The molecule has 0 aliphatic carbocycles. The van der Waals surface area contributed by atoms with E-state index in [2.05, 4.69) is 20.9 Å². The van der Waals surface area contributed by atoms with Crippen LogP contribution in [-0.4, -0.2) is 12.8 Å². The number of para-hydroxylation sites is 1. The standard InChI is InChI=1S/C22H19BrFNO2/c1-2-26-21-13-17(14-25-19-9-4-3-5-10-19)12-20(23)22(21)27-15-16-7-6-8-18(24)11-16/h3-14H,2,15H2,1H3. The summed E-state index contributed by atoms with van der Waals surface area (Å²) in [6.07, 6.45) is 1.78. The van der Waals surface area contributed by atoms with Gasteiger partial charge in [-0.25, -0.2) is 4.39 Å². The number of aliphatic imine (C=N–C) groups is 1. The molecule has 0 aliphatic rings. The van der Waals surface area contributed by atoms with Crippen molar-refractivity contribution in [2.45, 2.75) is 13.5 Å². The number of ether oxygens (including phenoxy) is 2. The van der Waals surface area contributed by atoms with Crippen LogP contribution in [0, 0.1) is 5.82 Å². The molecule has 0 aromatic heterocycles. The molecule has 0 radical (unpaired) electrons. The monoisotopic (exact) mass is 427 g/mol. The quantitative estimate of drug-likeness (QED) is 0.413. The van der Waals surface area contributed by atoms with Gasteiger partial charge in [0, 0.05) is 6.21 Å². The van der Waals surface area contributed by atoms with E-state index < -0.39 is 0 Å². The summed E-state index contributed by atoms with van der Waals surface area (Å²) in [6.45, 7) is 2.66.